The molecule has 14 heavy (non-hydrogen) atoms. The zero-order chi connectivity index (χ0) is 11.0. The van der Waals surface area contributed by atoms with Crippen molar-refractivity contribution >= 4 is 0 Å². The van der Waals surface area contributed by atoms with Crippen LogP contribution >= 0.6 is 0 Å². The van der Waals surface area contributed by atoms with Gasteiger partial charge in [0.25, 0.3) is 0 Å². The molecule has 0 spiro atoms. The summed E-state index contributed by atoms with van der Waals surface area (Å²) in [4.78, 5) is 0. The minimum atomic E-state index is 0.390. The van der Waals surface area contributed by atoms with Crippen LogP contribution in [0.2, 0.25) is 0 Å². The number of hydrazine groups is 1. The van der Waals surface area contributed by atoms with Crippen LogP contribution in [0, 0.1) is 5.41 Å². The molecular weight excluding hydrogens is 176 g/mol. The number of nitrogens with two attached hydrogens (primary N) is 1. The van der Waals surface area contributed by atoms with Crippen LogP contribution < -0.4 is 11.3 Å². The Labute approximate surface area is 88.4 Å². The van der Waals surface area contributed by atoms with E-state index in [9.17, 15) is 0 Å². The second-order valence-corrected chi connectivity index (χ2v) is 4.95. The summed E-state index contributed by atoms with van der Waals surface area (Å²) in [5.74, 6) is 5.48. The first-order chi connectivity index (χ1) is 6.49. The van der Waals surface area contributed by atoms with E-state index in [0.717, 1.165) is 26.1 Å². The Kier molecular flexibility index (Phi) is 7.15. The van der Waals surface area contributed by atoms with E-state index in [4.69, 9.17) is 10.6 Å². The smallest absolute Gasteiger partial charge is 0.0481 e. The van der Waals surface area contributed by atoms with E-state index < -0.39 is 0 Å². The fourth-order valence-electron chi connectivity index (χ4n) is 1.29. The SMILES string of the molecule is CCOCCC(CCC(C)(C)C)NN. The van der Waals surface area contributed by atoms with Gasteiger partial charge in [-0.05, 0) is 31.6 Å². The molecule has 0 aromatic heterocycles. The summed E-state index contributed by atoms with van der Waals surface area (Å²) in [7, 11) is 0. The lowest BCUT2D eigenvalue weighted by Gasteiger charge is -2.22. The predicted octanol–water partition coefficient (Wildman–Crippen LogP) is 2.07. The molecule has 0 saturated heterocycles. The predicted molar refractivity (Wildman–Crippen MR) is 60.9 cm³/mol. The molecule has 0 aliphatic heterocycles. The Balaban J connectivity index is 3.58. The number of ether oxygens (including phenoxy) is 1. The van der Waals surface area contributed by atoms with Crippen molar-refractivity contribution in [3.8, 4) is 0 Å². The van der Waals surface area contributed by atoms with Crippen LogP contribution in [0.3, 0.4) is 0 Å². The summed E-state index contributed by atoms with van der Waals surface area (Å²) < 4.78 is 5.30. The zero-order valence-electron chi connectivity index (χ0n) is 10.1. The van der Waals surface area contributed by atoms with E-state index in [1.54, 1.807) is 0 Å². The van der Waals surface area contributed by atoms with Crippen LogP contribution in [0.1, 0.15) is 47.0 Å². The lowest BCUT2D eigenvalue weighted by atomic mass is 9.88. The highest BCUT2D eigenvalue weighted by Crippen LogP contribution is 2.22. The van der Waals surface area contributed by atoms with E-state index in [2.05, 4.69) is 26.2 Å². The molecule has 0 aliphatic carbocycles. The molecule has 1 atom stereocenters. The first-order valence-electron chi connectivity index (χ1n) is 5.53. The molecule has 86 valence electrons. The minimum Gasteiger partial charge on any atom is -0.382 e. The highest BCUT2D eigenvalue weighted by Gasteiger charge is 2.14. The number of nitrogens with one attached hydrogen (secondary N) is 1. The van der Waals surface area contributed by atoms with Crippen molar-refractivity contribution in [1.82, 2.24) is 5.43 Å². The fraction of sp³-hybridized carbons (Fsp3) is 1.00. The van der Waals surface area contributed by atoms with Gasteiger partial charge in [-0.25, -0.2) is 0 Å². The maximum Gasteiger partial charge on any atom is 0.0481 e. The van der Waals surface area contributed by atoms with Gasteiger partial charge in [0.1, 0.15) is 0 Å². The van der Waals surface area contributed by atoms with E-state index in [1.165, 1.54) is 6.42 Å². The highest BCUT2D eigenvalue weighted by atomic mass is 16.5. The Morgan fingerprint density at radius 2 is 1.93 bits per heavy atom. The maximum absolute atomic E-state index is 5.48. The topological polar surface area (TPSA) is 47.3 Å². The fourth-order valence-corrected chi connectivity index (χ4v) is 1.29. The van der Waals surface area contributed by atoms with Crippen molar-refractivity contribution in [1.29, 1.82) is 0 Å². The standard InChI is InChI=1S/C11H26N2O/c1-5-14-9-7-10(13-12)6-8-11(2,3)4/h10,13H,5-9,12H2,1-4H3. The van der Waals surface area contributed by atoms with Gasteiger partial charge in [-0.1, -0.05) is 20.8 Å². The van der Waals surface area contributed by atoms with Crippen LogP contribution in [0.25, 0.3) is 0 Å². The molecule has 0 bridgehead atoms. The third-order valence-corrected chi connectivity index (χ3v) is 2.29. The maximum atomic E-state index is 5.48. The minimum absolute atomic E-state index is 0.390. The van der Waals surface area contributed by atoms with E-state index in [-0.39, 0.29) is 0 Å². The van der Waals surface area contributed by atoms with Gasteiger partial charge in [-0.15, -0.1) is 0 Å². The quantitative estimate of drug-likeness (QED) is 0.377. The lowest BCUT2D eigenvalue weighted by Crippen LogP contribution is -2.36. The monoisotopic (exact) mass is 202 g/mol. The van der Waals surface area contributed by atoms with Gasteiger partial charge in [-0.3, -0.25) is 11.3 Å². The Bertz CT molecular complexity index is 132. The summed E-state index contributed by atoms with van der Waals surface area (Å²) in [6, 6.07) is 0.390. The van der Waals surface area contributed by atoms with Crippen LogP contribution in [-0.4, -0.2) is 19.3 Å². The average Bonchev–Trinajstić information content (AvgIpc) is 2.09. The molecule has 0 fully saturated rings. The van der Waals surface area contributed by atoms with E-state index in [1.807, 2.05) is 6.92 Å². The molecule has 3 nitrogen and oxygen atoms in total. The van der Waals surface area contributed by atoms with Crippen LogP contribution in [0.4, 0.5) is 0 Å². The van der Waals surface area contributed by atoms with Crippen LogP contribution in [-0.2, 0) is 4.74 Å². The van der Waals surface area contributed by atoms with Crippen molar-refractivity contribution in [3.05, 3.63) is 0 Å². The van der Waals surface area contributed by atoms with Gasteiger partial charge in [-0.2, -0.15) is 0 Å². The molecule has 0 amide bonds. The molecule has 3 N–H and O–H groups in total. The largest absolute Gasteiger partial charge is 0.382 e. The molecule has 0 rings (SSSR count). The number of hydrogen-bond acceptors (Lipinski definition) is 3. The average molecular weight is 202 g/mol. The highest BCUT2D eigenvalue weighted by molar-refractivity contribution is 4.69. The van der Waals surface area contributed by atoms with Crippen molar-refractivity contribution < 1.29 is 4.74 Å². The van der Waals surface area contributed by atoms with Gasteiger partial charge in [0.15, 0.2) is 0 Å². The molecule has 1 unspecified atom stereocenters. The first-order valence-corrected chi connectivity index (χ1v) is 5.53. The summed E-state index contributed by atoms with van der Waals surface area (Å²) >= 11 is 0. The first kappa shape index (κ1) is 13.9. The van der Waals surface area contributed by atoms with Gasteiger partial charge < -0.3 is 4.74 Å². The normalized spacial score (nSPS) is 14.4. The summed E-state index contributed by atoms with van der Waals surface area (Å²) in [6.07, 6.45) is 3.31. The third kappa shape index (κ3) is 8.48. The summed E-state index contributed by atoms with van der Waals surface area (Å²) in [5, 5.41) is 0. The van der Waals surface area contributed by atoms with E-state index >= 15 is 0 Å². The van der Waals surface area contributed by atoms with Crippen molar-refractivity contribution in [2.45, 2.75) is 53.0 Å². The number of rotatable bonds is 7. The summed E-state index contributed by atoms with van der Waals surface area (Å²) in [6.45, 7) is 10.4. The Morgan fingerprint density at radius 1 is 1.29 bits per heavy atom. The van der Waals surface area contributed by atoms with E-state index in [0.29, 0.717) is 11.5 Å². The Hall–Kier alpha value is -0.120. The zero-order valence-corrected chi connectivity index (χ0v) is 10.1. The van der Waals surface area contributed by atoms with Gasteiger partial charge in [0.2, 0.25) is 0 Å². The van der Waals surface area contributed by atoms with Gasteiger partial charge in [0.05, 0.1) is 0 Å². The molecule has 0 aliphatic rings. The molecule has 0 saturated carbocycles. The third-order valence-electron chi connectivity index (χ3n) is 2.29. The lowest BCUT2D eigenvalue weighted by molar-refractivity contribution is 0.133. The molecule has 0 radical (unpaired) electrons. The van der Waals surface area contributed by atoms with Gasteiger partial charge in [0, 0.05) is 19.3 Å². The second kappa shape index (κ2) is 7.21. The summed E-state index contributed by atoms with van der Waals surface area (Å²) in [5.41, 5.74) is 3.24. The molecule has 3 heteroatoms. The van der Waals surface area contributed by atoms with Crippen molar-refractivity contribution in [2.24, 2.45) is 11.3 Å². The Morgan fingerprint density at radius 3 is 2.36 bits per heavy atom. The van der Waals surface area contributed by atoms with Crippen molar-refractivity contribution in [3.63, 3.8) is 0 Å². The molecule has 0 aromatic rings. The number of hydrogen-bond donors (Lipinski definition) is 2. The molecule has 0 heterocycles. The molecular formula is C11H26N2O. The van der Waals surface area contributed by atoms with Gasteiger partial charge >= 0.3 is 0 Å². The second-order valence-electron chi connectivity index (χ2n) is 4.95. The van der Waals surface area contributed by atoms with Crippen molar-refractivity contribution in [2.75, 3.05) is 13.2 Å². The molecule has 0 aromatic carbocycles. The van der Waals surface area contributed by atoms with Crippen LogP contribution in [0.5, 0.6) is 0 Å². The van der Waals surface area contributed by atoms with Crippen LogP contribution in [0.15, 0.2) is 0 Å².